The van der Waals surface area contributed by atoms with Gasteiger partial charge in [-0.05, 0) is 37.3 Å². The van der Waals surface area contributed by atoms with Gasteiger partial charge in [-0.15, -0.1) is 11.3 Å². The highest BCUT2D eigenvalue weighted by Gasteiger charge is 2.11. The molecule has 2 heterocycles. The van der Waals surface area contributed by atoms with Crippen molar-refractivity contribution in [2.24, 2.45) is 0 Å². The lowest BCUT2D eigenvalue weighted by molar-refractivity contribution is 0.510. The van der Waals surface area contributed by atoms with Crippen molar-refractivity contribution in [1.29, 1.82) is 0 Å². The fraction of sp³-hybridized carbons (Fsp3) is 0.636. The van der Waals surface area contributed by atoms with Crippen LogP contribution >= 0.6 is 11.3 Å². The van der Waals surface area contributed by atoms with Crippen molar-refractivity contribution in [3.63, 3.8) is 0 Å². The standard InChI is InChI=1S/C11H17NS/c1-2-5-10(12-7-3-1)9-11-6-4-8-13-11/h4,6,8,10,12H,1-3,5,7,9H2/t10-/m1/s1. The van der Waals surface area contributed by atoms with Gasteiger partial charge in [0.25, 0.3) is 0 Å². The maximum atomic E-state index is 3.63. The van der Waals surface area contributed by atoms with E-state index in [1.807, 2.05) is 11.3 Å². The van der Waals surface area contributed by atoms with Gasteiger partial charge in [-0.25, -0.2) is 0 Å². The molecule has 1 aromatic heterocycles. The minimum Gasteiger partial charge on any atom is -0.314 e. The highest BCUT2D eigenvalue weighted by molar-refractivity contribution is 7.09. The summed E-state index contributed by atoms with van der Waals surface area (Å²) < 4.78 is 0. The third kappa shape index (κ3) is 2.82. The lowest BCUT2D eigenvalue weighted by atomic mass is 10.1. The van der Waals surface area contributed by atoms with E-state index in [0.29, 0.717) is 0 Å². The van der Waals surface area contributed by atoms with Gasteiger partial charge in [0.05, 0.1) is 0 Å². The van der Waals surface area contributed by atoms with Gasteiger partial charge in [-0.3, -0.25) is 0 Å². The molecule has 0 radical (unpaired) electrons. The number of rotatable bonds is 2. The molecule has 0 saturated carbocycles. The fourth-order valence-corrected chi connectivity index (χ4v) is 2.73. The van der Waals surface area contributed by atoms with E-state index in [0.717, 1.165) is 6.04 Å². The molecule has 1 atom stereocenters. The molecule has 0 spiro atoms. The maximum absolute atomic E-state index is 3.63. The summed E-state index contributed by atoms with van der Waals surface area (Å²) in [5.41, 5.74) is 0. The van der Waals surface area contributed by atoms with Crippen LogP contribution in [0, 0.1) is 0 Å². The van der Waals surface area contributed by atoms with E-state index in [1.54, 1.807) is 0 Å². The lowest BCUT2D eigenvalue weighted by Crippen LogP contribution is -2.29. The van der Waals surface area contributed by atoms with Crippen LogP contribution in [0.1, 0.15) is 30.6 Å². The Morgan fingerprint density at radius 2 is 2.38 bits per heavy atom. The molecule has 1 N–H and O–H groups in total. The van der Waals surface area contributed by atoms with Gasteiger partial charge in [0.2, 0.25) is 0 Å². The van der Waals surface area contributed by atoms with Crippen LogP contribution in [0.4, 0.5) is 0 Å². The quantitative estimate of drug-likeness (QED) is 0.765. The average molecular weight is 195 g/mol. The Bertz CT molecular complexity index is 222. The zero-order valence-corrected chi connectivity index (χ0v) is 8.78. The van der Waals surface area contributed by atoms with Crippen molar-refractivity contribution in [2.45, 2.75) is 38.1 Å². The number of hydrogen-bond acceptors (Lipinski definition) is 2. The Balaban J connectivity index is 1.86. The van der Waals surface area contributed by atoms with Gasteiger partial charge < -0.3 is 5.32 Å². The van der Waals surface area contributed by atoms with Crippen LogP contribution in [0.25, 0.3) is 0 Å². The molecule has 2 heteroatoms. The normalized spacial score (nSPS) is 24.2. The molecule has 1 saturated heterocycles. The topological polar surface area (TPSA) is 12.0 Å². The number of hydrogen-bond donors (Lipinski definition) is 1. The molecule has 0 aliphatic carbocycles. The number of nitrogens with one attached hydrogen (secondary N) is 1. The van der Waals surface area contributed by atoms with Crippen LogP contribution < -0.4 is 5.32 Å². The zero-order chi connectivity index (χ0) is 8.93. The first-order valence-electron chi connectivity index (χ1n) is 5.21. The first-order chi connectivity index (χ1) is 6.45. The monoisotopic (exact) mass is 195 g/mol. The van der Waals surface area contributed by atoms with Gasteiger partial charge in [0, 0.05) is 10.9 Å². The predicted molar refractivity (Wildman–Crippen MR) is 58.3 cm³/mol. The molecule has 1 aromatic rings. The Kier molecular flexibility index (Phi) is 3.39. The molecule has 0 bridgehead atoms. The summed E-state index contributed by atoms with van der Waals surface area (Å²) in [6, 6.07) is 5.13. The highest BCUT2D eigenvalue weighted by Crippen LogP contribution is 2.16. The van der Waals surface area contributed by atoms with Crippen molar-refractivity contribution >= 4 is 11.3 Å². The zero-order valence-electron chi connectivity index (χ0n) is 7.96. The molecule has 13 heavy (non-hydrogen) atoms. The van der Waals surface area contributed by atoms with E-state index in [-0.39, 0.29) is 0 Å². The Morgan fingerprint density at radius 3 is 3.23 bits per heavy atom. The van der Waals surface area contributed by atoms with Crippen LogP contribution in [0.3, 0.4) is 0 Å². The van der Waals surface area contributed by atoms with Crippen molar-refractivity contribution in [3.8, 4) is 0 Å². The Labute approximate surface area is 84.2 Å². The van der Waals surface area contributed by atoms with Gasteiger partial charge in [0.1, 0.15) is 0 Å². The smallest absolute Gasteiger partial charge is 0.0115 e. The second kappa shape index (κ2) is 4.77. The summed E-state index contributed by atoms with van der Waals surface area (Å²) in [6.45, 7) is 1.22. The molecule has 1 nitrogen and oxygen atoms in total. The first kappa shape index (κ1) is 9.22. The van der Waals surface area contributed by atoms with Gasteiger partial charge in [0.15, 0.2) is 0 Å². The minimum atomic E-state index is 0.737. The van der Waals surface area contributed by atoms with Gasteiger partial charge >= 0.3 is 0 Å². The summed E-state index contributed by atoms with van der Waals surface area (Å²) in [6.07, 6.45) is 6.77. The van der Waals surface area contributed by atoms with Crippen molar-refractivity contribution in [2.75, 3.05) is 6.54 Å². The van der Waals surface area contributed by atoms with Crippen LogP contribution in [0.2, 0.25) is 0 Å². The highest BCUT2D eigenvalue weighted by atomic mass is 32.1. The van der Waals surface area contributed by atoms with Crippen LogP contribution in [0.15, 0.2) is 17.5 Å². The number of thiophene rings is 1. The van der Waals surface area contributed by atoms with Crippen LogP contribution in [0.5, 0.6) is 0 Å². The summed E-state index contributed by atoms with van der Waals surface area (Å²) >= 11 is 1.88. The molecule has 0 unspecified atom stereocenters. The molecular weight excluding hydrogens is 178 g/mol. The molecule has 0 aromatic carbocycles. The second-order valence-corrected chi connectivity index (χ2v) is 4.82. The third-order valence-electron chi connectivity index (χ3n) is 2.69. The average Bonchev–Trinajstić information content (AvgIpc) is 2.49. The Morgan fingerprint density at radius 1 is 1.38 bits per heavy atom. The minimum absolute atomic E-state index is 0.737. The molecule has 2 rings (SSSR count). The van der Waals surface area contributed by atoms with Crippen molar-refractivity contribution < 1.29 is 0 Å². The van der Waals surface area contributed by atoms with Crippen LogP contribution in [-0.4, -0.2) is 12.6 Å². The van der Waals surface area contributed by atoms with E-state index in [2.05, 4.69) is 22.8 Å². The third-order valence-corrected chi connectivity index (χ3v) is 3.59. The summed E-state index contributed by atoms with van der Waals surface area (Å²) in [5, 5.41) is 5.80. The second-order valence-electron chi connectivity index (χ2n) is 3.78. The van der Waals surface area contributed by atoms with Crippen molar-refractivity contribution in [1.82, 2.24) is 5.32 Å². The van der Waals surface area contributed by atoms with E-state index >= 15 is 0 Å². The molecule has 1 aliphatic heterocycles. The van der Waals surface area contributed by atoms with Crippen LogP contribution in [-0.2, 0) is 6.42 Å². The first-order valence-corrected chi connectivity index (χ1v) is 6.09. The SMILES string of the molecule is c1csc(C[C@H]2CCCCCN2)c1. The molecule has 1 fully saturated rings. The van der Waals surface area contributed by atoms with Gasteiger partial charge in [-0.2, -0.15) is 0 Å². The molecule has 72 valence electrons. The van der Waals surface area contributed by atoms with E-state index < -0.39 is 0 Å². The molecule has 1 aliphatic rings. The van der Waals surface area contributed by atoms with Gasteiger partial charge in [-0.1, -0.05) is 18.9 Å². The predicted octanol–water partition coefficient (Wildman–Crippen LogP) is 2.82. The summed E-state index contributed by atoms with van der Waals surface area (Å²) in [4.78, 5) is 1.53. The summed E-state index contributed by atoms with van der Waals surface area (Å²) in [7, 11) is 0. The fourth-order valence-electron chi connectivity index (χ4n) is 1.95. The lowest BCUT2D eigenvalue weighted by Gasteiger charge is -2.13. The molecular formula is C11H17NS. The van der Waals surface area contributed by atoms with E-state index in [1.165, 1.54) is 43.5 Å². The summed E-state index contributed by atoms with van der Waals surface area (Å²) in [5.74, 6) is 0. The van der Waals surface area contributed by atoms with E-state index in [9.17, 15) is 0 Å². The Hall–Kier alpha value is -0.340. The maximum Gasteiger partial charge on any atom is 0.0115 e. The van der Waals surface area contributed by atoms with E-state index in [4.69, 9.17) is 0 Å². The molecule has 0 amide bonds. The largest absolute Gasteiger partial charge is 0.314 e. The van der Waals surface area contributed by atoms with Crippen molar-refractivity contribution in [3.05, 3.63) is 22.4 Å².